The molecule has 2 aromatic carbocycles. The van der Waals surface area contributed by atoms with Gasteiger partial charge in [0.05, 0.1) is 31.0 Å². The van der Waals surface area contributed by atoms with Gasteiger partial charge in [-0.15, -0.1) is 0 Å². The zero-order chi connectivity index (χ0) is 20.4. The molecule has 1 amide bonds. The van der Waals surface area contributed by atoms with Gasteiger partial charge < -0.3 is 14.4 Å². The third kappa shape index (κ3) is 3.77. The number of amides is 1. The fraction of sp³-hybridized carbons (Fsp3) is 0.333. The average Bonchev–Trinajstić information content (AvgIpc) is 2.78. The first kappa shape index (κ1) is 19.2. The lowest BCUT2D eigenvalue weighted by Crippen LogP contribution is -2.35. The molecule has 29 heavy (non-hydrogen) atoms. The molecule has 1 saturated heterocycles. The number of methoxy groups -OCH3 is 2. The van der Waals surface area contributed by atoms with Crippen molar-refractivity contribution < 1.29 is 14.3 Å². The van der Waals surface area contributed by atoms with E-state index in [1.165, 1.54) is 6.42 Å². The summed E-state index contributed by atoms with van der Waals surface area (Å²) in [6, 6.07) is 13.6. The summed E-state index contributed by atoms with van der Waals surface area (Å²) in [5, 5.41) is 0.900. The highest BCUT2D eigenvalue weighted by Gasteiger charge is 2.22. The molecule has 0 N–H and O–H groups in total. The molecule has 1 aliphatic heterocycles. The quantitative estimate of drug-likeness (QED) is 0.639. The molecule has 0 bridgehead atoms. The maximum Gasteiger partial charge on any atom is 0.254 e. The maximum absolute atomic E-state index is 13.4. The van der Waals surface area contributed by atoms with E-state index >= 15 is 0 Å². The van der Waals surface area contributed by atoms with E-state index in [0.29, 0.717) is 17.1 Å². The molecule has 0 radical (unpaired) electrons. The van der Waals surface area contributed by atoms with Crippen molar-refractivity contribution in [3.63, 3.8) is 0 Å². The second-order valence-electron chi connectivity index (χ2n) is 7.49. The number of hydrogen-bond acceptors (Lipinski definition) is 4. The summed E-state index contributed by atoms with van der Waals surface area (Å²) >= 11 is 0. The van der Waals surface area contributed by atoms with Gasteiger partial charge in [0.1, 0.15) is 11.5 Å². The molecule has 4 rings (SSSR count). The van der Waals surface area contributed by atoms with Crippen molar-refractivity contribution in [2.45, 2.75) is 26.2 Å². The van der Waals surface area contributed by atoms with Crippen molar-refractivity contribution >= 4 is 16.8 Å². The van der Waals surface area contributed by atoms with Crippen LogP contribution in [0.5, 0.6) is 11.5 Å². The third-order valence-corrected chi connectivity index (χ3v) is 5.52. The smallest absolute Gasteiger partial charge is 0.254 e. The number of pyridine rings is 1. The van der Waals surface area contributed by atoms with E-state index in [9.17, 15) is 4.79 Å². The Kier molecular flexibility index (Phi) is 5.38. The molecule has 0 unspecified atom stereocenters. The molecule has 1 fully saturated rings. The van der Waals surface area contributed by atoms with Crippen LogP contribution in [0, 0.1) is 6.92 Å². The molecule has 1 aromatic heterocycles. The monoisotopic (exact) mass is 390 g/mol. The van der Waals surface area contributed by atoms with Crippen LogP contribution in [0.1, 0.15) is 35.2 Å². The van der Waals surface area contributed by atoms with Gasteiger partial charge in [0, 0.05) is 30.1 Å². The van der Waals surface area contributed by atoms with E-state index in [2.05, 4.69) is 6.07 Å². The van der Waals surface area contributed by atoms with Crippen LogP contribution in [0.4, 0.5) is 0 Å². The number of carbonyl (C=O) groups is 1. The molecular formula is C24H26N2O3. The van der Waals surface area contributed by atoms with Crippen molar-refractivity contribution in [2.75, 3.05) is 27.3 Å². The van der Waals surface area contributed by atoms with Crippen molar-refractivity contribution in [2.24, 2.45) is 0 Å². The van der Waals surface area contributed by atoms with Crippen LogP contribution in [-0.2, 0) is 0 Å². The van der Waals surface area contributed by atoms with Gasteiger partial charge in [-0.3, -0.25) is 4.79 Å². The first-order valence-corrected chi connectivity index (χ1v) is 10.0. The Bertz CT molecular complexity index is 1060. The minimum absolute atomic E-state index is 0.0800. The third-order valence-electron chi connectivity index (χ3n) is 5.52. The highest BCUT2D eigenvalue weighted by molar-refractivity contribution is 6.07. The van der Waals surface area contributed by atoms with Crippen LogP contribution < -0.4 is 9.47 Å². The summed E-state index contributed by atoms with van der Waals surface area (Å²) in [4.78, 5) is 20.2. The second kappa shape index (κ2) is 8.11. The van der Waals surface area contributed by atoms with Crippen LogP contribution in [-0.4, -0.2) is 43.1 Å². The summed E-state index contributed by atoms with van der Waals surface area (Å²) < 4.78 is 10.9. The lowest BCUT2D eigenvalue weighted by atomic mass is 10.00. The number of likely N-dealkylation sites (tertiary alicyclic amines) is 1. The van der Waals surface area contributed by atoms with E-state index < -0.39 is 0 Å². The highest BCUT2D eigenvalue weighted by Crippen LogP contribution is 2.35. The Morgan fingerprint density at radius 3 is 2.48 bits per heavy atom. The van der Waals surface area contributed by atoms with Gasteiger partial charge in [0.25, 0.3) is 5.91 Å². The number of hydrogen-bond donors (Lipinski definition) is 0. The van der Waals surface area contributed by atoms with E-state index in [1.54, 1.807) is 14.2 Å². The predicted octanol–water partition coefficient (Wildman–Crippen LogP) is 4.85. The van der Waals surface area contributed by atoms with E-state index in [1.807, 2.05) is 48.2 Å². The number of rotatable bonds is 4. The number of fused-ring (bicyclic) bond motifs is 1. The van der Waals surface area contributed by atoms with Gasteiger partial charge in [-0.25, -0.2) is 4.98 Å². The number of aromatic nitrogens is 1. The minimum Gasteiger partial charge on any atom is -0.497 e. The van der Waals surface area contributed by atoms with Crippen molar-refractivity contribution in [1.82, 2.24) is 9.88 Å². The summed E-state index contributed by atoms with van der Waals surface area (Å²) in [6.07, 6.45) is 3.31. The normalized spacial score (nSPS) is 14.1. The molecule has 5 heteroatoms. The Morgan fingerprint density at radius 1 is 0.966 bits per heavy atom. The standard InChI is InChI=1S/C24H26N2O3/c1-16-7-10-21-19(13-16)20(24(27)26-11-5-4-6-12-26)15-22(25-21)18-9-8-17(28-2)14-23(18)29-3/h7-10,13-15H,4-6,11-12H2,1-3H3. The number of carbonyl (C=O) groups excluding carboxylic acids is 1. The summed E-state index contributed by atoms with van der Waals surface area (Å²) in [5.74, 6) is 1.46. The molecule has 5 nitrogen and oxygen atoms in total. The van der Waals surface area contributed by atoms with Crippen molar-refractivity contribution in [1.29, 1.82) is 0 Å². The molecule has 0 saturated carbocycles. The first-order valence-electron chi connectivity index (χ1n) is 10.0. The SMILES string of the molecule is COc1ccc(-c2cc(C(=O)N3CCCCC3)c3cc(C)ccc3n2)c(OC)c1. The molecule has 2 heterocycles. The van der Waals surface area contributed by atoms with Gasteiger partial charge in [0.15, 0.2) is 0 Å². The summed E-state index contributed by atoms with van der Waals surface area (Å²) in [5.41, 5.74) is 4.19. The Labute approximate surface area is 171 Å². The molecule has 150 valence electrons. The van der Waals surface area contributed by atoms with E-state index in [0.717, 1.165) is 53.7 Å². The zero-order valence-corrected chi connectivity index (χ0v) is 17.2. The van der Waals surface area contributed by atoms with Crippen LogP contribution in [0.15, 0.2) is 42.5 Å². The van der Waals surface area contributed by atoms with Crippen LogP contribution in [0.2, 0.25) is 0 Å². The number of aryl methyl sites for hydroxylation is 1. The molecule has 0 spiro atoms. The second-order valence-corrected chi connectivity index (χ2v) is 7.49. The lowest BCUT2D eigenvalue weighted by molar-refractivity contribution is 0.0726. The van der Waals surface area contributed by atoms with Gasteiger partial charge in [-0.1, -0.05) is 11.6 Å². The topological polar surface area (TPSA) is 51.7 Å². The van der Waals surface area contributed by atoms with Crippen LogP contribution in [0.25, 0.3) is 22.2 Å². The van der Waals surface area contributed by atoms with Gasteiger partial charge in [0.2, 0.25) is 0 Å². The maximum atomic E-state index is 13.4. The van der Waals surface area contributed by atoms with Gasteiger partial charge in [-0.05, 0) is 56.5 Å². The fourth-order valence-electron chi connectivity index (χ4n) is 3.93. The van der Waals surface area contributed by atoms with Gasteiger partial charge >= 0.3 is 0 Å². The fourth-order valence-corrected chi connectivity index (χ4v) is 3.93. The molecule has 0 aliphatic carbocycles. The summed E-state index contributed by atoms with van der Waals surface area (Å²) in [6.45, 7) is 3.67. The summed E-state index contributed by atoms with van der Waals surface area (Å²) in [7, 11) is 3.25. The molecular weight excluding hydrogens is 364 g/mol. The lowest BCUT2D eigenvalue weighted by Gasteiger charge is -2.27. The Morgan fingerprint density at radius 2 is 1.76 bits per heavy atom. The van der Waals surface area contributed by atoms with Gasteiger partial charge in [-0.2, -0.15) is 0 Å². The highest BCUT2D eigenvalue weighted by atomic mass is 16.5. The van der Waals surface area contributed by atoms with Crippen LogP contribution >= 0.6 is 0 Å². The molecule has 0 atom stereocenters. The largest absolute Gasteiger partial charge is 0.497 e. The molecule has 3 aromatic rings. The first-order chi connectivity index (χ1) is 14.1. The predicted molar refractivity (Wildman–Crippen MR) is 115 cm³/mol. The average molecular weight is 390 g/mol. The number of ether oxygens (including phenoxy) is 2. The number of piperidine rings is 1. The molecule has 1 aliphatic rings. The number of benzene rings is 2. The van der Waals surface area contributed by atoms with E-state index in [-0.39, 0.29) is 5.91 Å². The zero-order valence-electron chi connectivity index (χ0n) is 17.2. The Balaban J connectivity index is 1.88. The number of nitrogens with zero attached hydrogens (tertiary/aromatic N) is 2. The van der Waals surface area contributed by atoms with Crippen LogP contribution in [0.3, 0.4) is 0 Å². The Hall–Kier alpha value is -3.08. The van der Waals surface area contributed by atoms with Crippen molar-refractivity contribution in [3.05, 3.63) is 53.6 Å². The van der Waals surface area contributed by atoms with E-state index in [4.69, 9.17) is 14.5 Å². The van der Waals surface area contributed by atoms with Crippen molar-refractivity contribution in [3.8, 4) is 22.8 Å². The minimum atomic E-state index is 0.0800.